The largest absolute Gasteiger partial charge is 0.496 e. The van der Waals surface area contributed by atoms with Crippen molar-refractivity contribution in [2.24, 2.45) is 0 Å². The number of piperazine rings is 1. The average Bonchev–Trinajstić information content (AvgIpc) is 2.92. The van der Waals surface area contributed by atoms with Gasteiger partial charge in [-0.2, -0.15) is 13.2 Å². The van der Waals surface area contributed by atoms with Gasteiger partial charge >= 0.3 is 6.18 Å². The molecule has 1 fully saturated rings. The number of rotatable bonds is 9. The average molecular weight is 553 g/mol. The number of benzene rings is 3. The molecular formula is C33H39F3N2O2. The van der Waals surface area contributed by atoms with E-state index in [1.165, 1.54) is 0 Å². The first-order chi connectivity index (χ1) is 19.0. The molecule has 1 amide bonds. The molecule has 2 atom stereocenters. The summed E-state index contributed by atoms with van der Waals surface area (Å²) in [7, 11) is 1.62. The van der Waals surface area contributed by atoms with Gasteiger partial charge in [-0.15, -0.1) is 0 Å². The Morgan fingerprint density at radius 2 is 1.55 bits per heavy atom. The molecule has 0 radical (unpaired) electrons. The number of hydrogen-bond acceptors (Lipinski definition) is 3. The molecule has 1 aliphatic rings. The van der Waals surface area contributed by atoms with E-state index in [0.29, 0.717) is 25.1 Å². The number of halogens is 3. The number of methoxy groups -OCH3 is 1. The Hall–Kier alpha value is -3.32. The minimum atomic E-state index is -4.49. The van der Waals surface area contributed by atoms with Crippen molar-refractivity contribution in [1.29, 1.82) is 0 Å². The van der Waals surface area contributed by atoms with Crippen LogP contribution < -0.4 is 15.0 Å². The highest BCUT2D eigenvalue weighted by Gasteiger charge is 2.37. The zero-order valence-corrected chi connectivity index (χ0v) is 23.9. The molecule has 40 heavy (non-hydrogen) atoms. The van der Waals surface area contributed by atoms with Gasteiger partial charge in [0.05, 0.1) is 19.2 Å². The lowest BCUT2D eigenvalue weighted by Crippen LogP contribution is -2.48. The lowest BCUT2D eigenvalue weighted by molar-refractivity contribution is -0.139. The fourth-order valence-electron chi connectivity index (χ4n) is 5.78. The van der Waals surface area contributed by atoms with Gasteiger partial charge in [0.15, 0.2) is 0 Å². The van der Waals surface area contributed by atoms with Crippen molar-refractivity contribution in [3.63, 3.8) is 0 Å². The van der Waals surface area contributed by atoms with Crippen molar-refractivity contribution in [3.8, 4) is 5.75 Å². The Balaban J connectivity index is 1.64. The monoisotopic (exact) mass is 552 g/mol. The molecule has 1 N–H and O–H groups in total. The number of hydrogen-bond donors (Lipinski definition) is 1. The van der Waals surface area contributed by atoms with Crippen molar-refractivity contribution >= 4 is 11.6 Å². The van der Waals surface area contributed by atoms with Gasteiger partial charge in [0, 0.05) is 18.8 Å². The number of anilines is 1. The second-order valence-corrected chi connectivity index (χ2v) is 11.1. The molecule has 3 aromatic carbocycles. The highest BCUT2D eigenvalue weighted by molar-refractivity contribution is 5.95. The molecule has 4 nitrogen and oxygen atoms in total. The first-order valence-electron chi connectivity index (χ1n) is 14.0. The predicted octanol–water partition coefficient (Wildman–Crippen LogP) is 7.47. The van der Waals surface area contributed by atoms with Crippen LogP contribution in [0, 0.1) is 0 Å². The summed E-state index contributed by atoms with van der Waals surface area (Å²) in [5.74, 6) is 0.444. The third-order valence-corrected chi connectivity index (χ3v) is 7.84. The Morgan fingerprint density at radius 3 is 2.20 bits per heavy atom. The summed E-state index contributed by atoms with van der Waals surface area (Å²) in [4.78, 5) is 14.1. The van der Waals surface area contributed by atoms with Crippen LogP contribution in [-0.4, -0.2) is 32.7 Å². The van der Waals surface area contributed by atoms with Crippen LogP contribution in [-0.2, 0) is 23.8 Å². The summed E-state index contributed by atoms with van der Waals surface area (Å²) < 4.78 is 49.7. The normalized spacial score (nSPS) is 15.8. The Morgan fingerprint density at radius 1 is 0.900 bits per heavy atom. The minimum Gasteiger partial charge on any atom is -0.496 e. The number of nitrogens with one attached hydrogen (secondary N) is 1. The van der Waals surface area contributed by atoms with Crippen LogP contribution in [0.1, 0.15) is 78.8 Å². The maximum absolute atomic E-state index is 14.7. The zero-order valence-electron chi connectivity index (χ0n) is 23.9. The molecule has 214 valence electrons. The van der Waals surface area contributed by atoms with Crippen LogP contribution in [0.3, 0.4) is 0 Å². The number of nitrogens with zero attached hydrogens (tertiary/aromatic N) is 1. The molecule has 1 heterocycles. The van der Waals surface area contributed by atoms with Gasteiger partial charge in [0.25, 0.3) is 0 Å². The van der Waals surface area contributed by atoms with Crippen LogP contribution in [0.15, 0.2) is 60.7 Å². The van der Waals surface area contributed by atoms with Gasteiger partial charge in [-0.1, -0.05) is 76.2 Å². The van der Waals surface area contributed by atoms with Gasteiger partial charge in [-0.05, 0) is 70.5 Å². The van der Waals surface area contributed by atoms with E-state index in [1.807, 2.05) is 56.3 Å². The van der Waals surface area contributed by atoms with E-state index in [9.17, 15) is 18.0 Å². The SMILES string of the molecule is COc1c(CC(C)c2cccc(CC(C)c3cccc(N4CCNCC4=O)c3)c2C(F)(F)F)cccc1C(C)C. The van der Waals surface area contributed by atoms with Crippen molar-refractivity contribution < 1.29 is 22.7 Å². The van der Waals surface area contributed by atoms with Crippen LogP contribution in [0.4, 0.5) is 18.9 Å². The van der Waals surface area contributed by atoms with E-state index in [0.717, 1.165) is 28.1 Å². The molecule has 2 unspecified atom stereocenters. The lowest BCUT2D eigenvalue weighted by Gasteiger charge is -2.28. The fourth-order valence-corrected chi connectivity index (χ4v) is 5.78. The van der Waals surface area contributed by atoms with E-state index in [1.54, 1.807) is 30.2 Å². The third kappa shape index (κ3) is 6.52. The van der Waals surface area contributed by atoms with Crippen molar-refractivity contribution in [3.05, 3.63) is 94.0 Å². The van der Waals surface area contributed by atoms with Gasteiger partial charge in [0.1, 0.15) is 5.75 Å². The molecule has 0 saturated carbocycles. The molecule has 0 spiro atoms. The molecule has 7 heteroatoms. The smallest absolute Gasteiger partial charge is 0.416 e. The molecule has 4 rings (SSSR count). The summed E-state index contributed by atoms with van der Waals surface area (Å²) in [6.45, 7) is 9.51. The second kappa shape index (κ2) is 12.5. The van der Waals surface area contributed by atoms with Crippen LogP contribution in [0.25, 0.3) is 0 Å². The van der Waals surface area contributed by atoms with Gasteiger partial charge in [0.2, 0.25) is 5.91 Å². The van der Waals surface area contributed by atoms with E-state index in [-0.39, 0.29) is 42.2 Å². The molecular weight excluding hydrogens is 513 g/mol. The summed E-state index contributed by atoms with van der Waals surface area (Å²) >= 11 is 0. The predicted molar refractivity (Wildman–Crippen MR) is 154 cm³/mol. The summed E-state index contributed by atoms with van der Waals surface area (Å²) in [5, 5.41) is 3.06. The Bertz CT molecular complexity index is 1340. The molecule has 0 aliphatic carbocycles. The van der Waals surface area contributed by atoms with E-state index >= 15 is 0 Å². The number of para-hydroxylation sites is 1. The Labute approximate surface area is 235 Å². The van der Waals surface area contributed by atoms with E-state index in [4.69, 9.17) is 4.74 Å². The minimum absolute atomic E-state index is 0.00680. The van der Waals surface area contributed by atoms with Gasteiger partial charge < -0.3 is 15.0 Å². The number of amides is 1. The van der Waals surface area contributed by atoms with Crippen LogP contribution >= 0.6 is 0 Å². The maximum Gasteiger partial charge on any atom is 0.416 e. The maximum atomic E-state index is 14.7. The number of alkyl halides is 3. The van der Waals surface area contributed by atoms with Crippen molar-refractivity contribution in [2.45, 2.75) is 64.5 Å². The molecule has 0 bridgehead atoms. The summed E-state index contributed by atoms with van der Waals surface area (Å²) in [6.07, 6.45) is -3.81. The van der Waals surface area contributed by atoms with E-state index in [2.05, 4.69) is 19.2 Å². The molecule has 0 aromatic heterocycles. The molecule has 1 aliphatic heterocycles. The fraction of sp³-hybridized carbons (Fsp3) is 0.424. The number of carbonyl (C=O) groups excluding carboxylic acids is 1. The summed E-state index contributed by atoms with van der Waals surface area (Å²) in [5.41, 5.74) is 3.70. The highest BCUT2D eigenvalue weighted by atomic mass is 19.4. The first kappa shape index (κ1) is 29.7. The Kier molecular flexibility index (Phi) is 9.24. The van der Waals surface area contributed by atoms with Crippen LogP contribution in [0.5, 0.6) is 5.75 Å². The highest BCUT2D eigenvalue weighted by Crippen LogP contribution is 2.41. The van der Waals surface area contributed by atoms with Crippen LogP contribution in [0.2, 0.25) is 0 Å². The lowest BCUT2D eigenvalue weighted by atomic mass is 9.84. The quantitative estimate of drug-likeness (QED) is 0.300. The third-order valence-electron chi connectivity index (χ3n) is 7.84. The van der Waals surface area contributed by atoms with Gasteiger partial charge in [-0.3, -0.25) is 4.79 Å². The summed E-state index contributed by atoms with van der Waals surface area (Å²) in [6, 6.07) is 18.5. The number of carbonyl (C=O) groups is 1. The standard InChI is InChI=1S/C33H39F3N2O2/c1-21(2)28-13-8-11-26(32(28)40-5)18-23(4)29-14-7-10-25(31(29)33(34,35)36)17-22(3)24-9-6-12-27(19-24)38-16-15-37-20-30(38)39/h6-14,19,21-23,37H,15-18,20H2,1-5H3. The molecule has 3 aromatic rings. The topological polar surface area (TPSA) is 41.6 Å². The van der Waals surface area contributed by atoms with Crippen molar-refractivity contribution in [1.82, 2.24) is 5.32 Å². The molecule has 1 saturated heterocycles. The van der Waals surface area contributed by atoms with Gasteiger partial charge in [-0.25, -0.2) is 0 Å². The zero-order chi connectivity index (χ0) is 29.0. The number of ether oxygens (including phenoxy) is 1. The van der Waals surface area contributed by atoms with Crippen molar-refractivity contribution in [2.75, 3.05) is 31.6 Å². The second-order valence-electron chi connectivity index (χ2n) is 11.1. The van der Waals surface area contributed by atoms with E-state index < -0.39 is 11.7 Å². The first-order valence-corrected chi connectivity index (χ1v) is 14.0.